The summed E-state index contributed by atoms with van der Waals surface area (Å²) < 4.78 is 39.8. The molecule has 0 saturated carbocycles. The van der Waals surface area contributed by atoms with E-state index in [9.17, 15) is 8.78 Å². The van der Waals surface area contributed by atoms with Crippen molar-refractivity contribution in [2.45, 2.75) is 6.54 Å². The summed E-state index contributed by atoms with van der Waals surface area (Å²) in [6.45, 7) is 0.582. The zero-order valence-corrected chi connectivity index (χ0v) is 14.1. The average Bonchev–Trinajstić information content (AvgIpc) is 2.97. The van der Waals surface area contributed by atoms with Crippen LogP contribution in [-0.4, -0.2) is 40.3 Å². The van der Waals surface area contributed by atoms with Crippen molar-refractivity contribution in [1.29, 1.82) is 0 Å². The van der Waals surface area contributed by atoms with Crippen molar-refractivity contribution in [1.82, 2.24) is 19.5 Å². The van der Waals surface area contributed by atoms with E-state index < -0.39 is 11.6 Å². The summed E-state index contributed by atoms with van der Waals surface area (Å²) in [6, 6.07) is 2.64. The monoisotopic (exact) mass is 369 g/mol. The number of imidazole rings is 1. The fraction of sp³-hybridized carbons (Fsp3) is 0.267. The first-order valence-electron chi connectivity index (χ1n) is 7.22. The number of halogens is 3. The van der Waals surface area contributed by atoms with Crippen molar-refractivity contribution < 1.29 is 18.3 Å². The maximum Gasteiger partial charge on any atom is 0.297 e. The quantitative estimate of drug-likeness (QED) is 0.673. The van der Waals surface area contributed by atoms with Gasteiger partial charge in [0.2, 0.25) is 0 Å². The van der Waals surface area contributed by atoms with Gasteiger partial charge in [-0.2, -0.15) is 4.98 Å². The van der Waals surface area contributed by atoms with Crippen LogP contribution in [0.4, 0.5) is 14.6 Å². The Morgan fingerprint density at radius 3 is 2.68 bits per heavy atom. The topological polar surface area (TPSA) is 74.1 Å². The van der Waals surface area contributed by atoms with E-state index in [0.717, 1.165) is 6.07 Å². The van der Waals surface area contributed by atoms with Gasteiger partial charge in [-0.3, -0.25) is 4.57 Å². The molecule has 25 heavy (non-hydrogen) atoms. The Labute approximate surface area is 146 Å². The second-order valence-electron chi connectivity index (χ2n) is 4.97. The normalized spacial score (nSPS) is 10.9. The molecule has 10 heteroatoms. The molecule has 0 radical (unpaired) electrons. The van der Waals surface area contributed by atoms with E-state index in [1.807, 2.05) is 0 Å². The number of hydrogen-bond acceptors (Lipinski definition) is 6. The number of hydrogen-bond donors (Lipinski definition) is 1. The van der Waals surface area contributed by atoms with E-state index in [4.69, 9.17) is 21.1 Å². The van der Waals surface area contributed by atoms with Crippen LogP contribution in [0.3, 0.4) is 0 Å². The van der Waals surface area contributed by atoms with Gasteiger partial charge in [-0.1, -0.05) is 11.6 Å². The van der Waals surface area contributed by atoms with E-state index in [-0.39, 0.29) is 29.3 Å². The summed E-state index contributed by atoms with van der Waals surface area (Å²) >= 11 is 5.79. The Bertz CT molecular complexity index is 919. The van der Waals surface area contributed by atoms with Gasteiger partial charge in [0.25, 0.3) is 6.01 Å². The molecule has 0 amide bonds. The molecule has 1 N–H and O–H groups in total. The molecule has 0 aliphatic rings. The molecule has 0 aliphatic heterocycles. The molecular weight excluding hydrogens is 356 g/mol. The maximum absolute atomic E-state index is 14.3. The smallest absolute Gasteiger partial charge is 0.297 e. The van der Waals surface area contributed by atoms with Gasteiger partial charge < -0.3 is 14.8 Å². The van der Waals surface area contributed by atoms with Gasteiger partial charge in [0.05, 0.1) is 14.2 Å². The number of aromatic nitrogens is 4. The molecule has 0 unspecified atom stereocenters. The van der Waals surface area contributed by atoms with E-state index in [1.165, 1.54) is 25.1 Å². The molecule has 0 fully saturated rings. The highest BCUT2D eigenvalue weighted by molar-refractivity contribution is 6.29. The second kappa shape index (κ2) is 7.06. The predicted molar refractivity (Wildman–Crippen MR) is 88.3 cm³/mol. The third-order valence-corrected chi connectivity index (χ3v) is 3.73. The summed E-state index contributed by atoms with van der Waals surface area (Å²) in [4.78, 5) is 12.0. The third kappa shape index (κ3) is 3.27. The van der Waals surface area contributed by atoms with Gasteiger partial charge in [-0.25, -0.2) is 18.7 Å². The average molecular weight is 370 g/mol. The highest BCUT2D eigenvalue weighted by Gasteiger charge is 2.22. The molecule has 0 aliphatic carbocycles. The van der Waals surface area contributed by atoms with Crippen molar-refractivity contribution in [2.24, 2.45) is 0 Å². The van der Waals surface area contributed by atoms with Crippen LogP contribution in [0.2, 0.25) is 5.15 Å². The Morgan fingerprint density at radius 2 is 2.00 bits per heavy atom. The van der Waals surface area contributed by atoms with Crippen LogP contribution in [0.25, 0.3) is 11.0 Å². The third-order valence-electron chi connectivity index (χ3n) is 3.52. The summed E-state index contributed by atoms with van der Waals surface area (Å²) in [5.41, 5.74) is 0.152. The van der Waals surface area contributed by atoms with Gasteiger partial charge in [-0.15, -0.1) is 0 Å². The highest BCUT2D eigenvalue weighted by Crippen LogP contribution is 2.32. The number of fused-ring (bicyclic) bond motifs is 1. The summed E-state index contributed by atoms with van der Waals surface area (Å²) in [7, 11) is 2.76. The van der Waals surface area contributed by atoms with Gasteiger partial charge in [0.1, 0.15) is 34.1 Å². The first-order chi connectivity index (χ1) is 12.0. The van der Waals surface area contributed by atoms with E-state index in [0.29, 0.717) is 17.5 Å². The lowest BCUT2D eigenvalue weighted by atomic mass is 10.2. The van der Waals surface area contributed by atoms with Crippen molar-refractivity contribution in [3.8, 4) is 11.8 Å². The molecule has 132 valence electrons. The van der Waals surface area contributed by atoms with Crippen molar-refractivity contribution in [2.75, 3.05) is 26.1 Å². The lowest BCUT2D eigenvalue weighted by molar-refractivity contribution is 0.360. The van der Waals surface area contributed by atoms with Gasteiger partial charge in [0, 0.05) is 25.2 Å². The first kappa shape index (κ1) is 17.2. The van der Waals surface area contributed by atoms with Crippen molar-refractivity contribution in [3.05, 3.63) is 35.2 Å². The molecule has 1 aromatic carbocycles. The Kier molecular flexibility index (Phi) is 4.84. The molecule has 7 nitrogen and oxygen atoms in total. The Hall–Kier alpha value is -2.68. The minimum atomic E-state index is -1.02. The van der Waals surface area contributed by atoms with Crippen LogP contribution in [0.1, 0.15) is 0 Å². The molecule has 2 heterocycles. The van der Waals surface area contributed by atoms with Crippen LogP contribution in [-0.2, 0) is 6.54 Å². The Morgan fingerprint density at radius 1 is 1.20 bits per heavy atom. The molecule has 0 bridgehead atoms. The van der Waals surface area contributed by atoms with Crippen LogP contribution in [0.5, 0.6) is 11.8 Å². The predicted octanol–water partition coefficient (Wildman–Crippen LogP) is 2.89. The van der Waals surface area contributed by atoms with Crippen LogP contribution in [0, 0.1) is 11.6 Å². The van der Waals surface area contributed by atoms with E-state index in [2.05, 4.69) is 20.3 Å². The molecule has 3 aromatic rings. The first-order valence-corrected chi connectivity index (χ1v) is 7.60. The lowest BCUT2D eigenvalue weighted by Gasteiger charge is -2.10. The minimum Gasteiger partial charge on any atom is -0.494 e. The summed E-state index contributed by atoms with van der Waals surface area (Å²) in [5.74, 6) is -1.41. The van der Waals surface area contributed by atoms with Crippen molar-refractivity contribution >= 4 is 28.5 Å². The van der Waals surface area contributed by atoms with Gasteiger partial charge >= 0.3 is 0 Å². The number of nitrogens with zero attached hydrogens (tertiary/aromatic N) is 4. The molecule has 0 spiro atoms. The molecule has 0 saturated heterocycles. The van der Waals surface area contributed by atoms with E-state index in [1.54, 1.807) is 6.07 Å². The fourth-order valence-corrected chi connectivity index (χ4v) is 2.58. The van der Waals surface area contributed by atoms with Gasteiger partial charge in [0.15, 0.2) is 11.6 Å². The highest BCUT2D eigenvalue weighted by atomic mass is 35.5. The molecular formula is C15H14ClF2N5O2. The number of benzene rings is 1. The maximum atomic E-state index is 14.3. The standard InChI is InChI=1S/C15H14ClF2N5O2/c1-24-9-5-8(17)12(18)14-13(9)22-15(25-2)23(14)4-3-19-11-6-10(16)20-7-21-11/h5-7H,3-4H2,1-2H3,(H,19,20,21). The number of nitrogens with one attached hydrogen (secondary N) is 1. The van der Waals surface area contributed by atoms with Crippen LogP contribution < -0.4 is 14.8 Å². The van der Waals surface area contributed by atoms with Crippen molar-refractivity contribution in [3.63, 3.8) is 0 Å². The number of rotatable bonds is 6. The summed E-state index contributed by atoms with van der Waals surface area (Å²) in [5, 5.41) is 3.31. The number of methoxy groups -OCH3 is 2. The minimum absolute atomic E-state index is 0.0313. The van der Waals surface area contributed by atoms with Gasteiger partial charge in [-0.05, 0) is 0 Å². The number of ether oxygens (including phenoxy) is 2. The zero-order chi connectivity index (χ0) is 18.0. The number of anilines is 1. The molecule has 3 rings (SSSR count). The largest absolute Gasteiger partial charge is 0.494 e. The fourth-order valence-electron chi connectivity index (χ4n) is 2.43. The summed E-state index contributed by atoms with van der Waals surface area (Å²) in [6.07, 6.45) is 1.32. The molecule has 2 aromatic heterocycles. The lowest BCUT2D eigenvalue weighted by Crippen LogP contribution is -2.13. The van der Waals surface area contributed by atoms with E-state index >= 15 is 0 Å². The zero-order valence-electron chi connectivity index (χ0n) is 13.4. The second-order valence-corrected chi connectivity index (χ2v) is 5.36. The van der Waals surface area contributed by atoms with Crippen LogP contribution >= 0.6 is 11.6 Å². The van der Waals surface area contributed by atoms with Crippen LogP contribution in [0.15, 0.2) is 18.5 Å². The Balaban J connectivity index is 1.93. The SMILES string of the molecule is COc1cc(F)c(F)c2c1nc(OC)n2CCNc1cc(Cl)ncn1. The molecule has 0 atom stereocenters.